The van der Waals surface area contributed by atoms with Crippen LogP contribution in [0.3, 0.4) is 0 Å². The minimum absolute atomic E-state index is 0.211. The first-order valence-corrected chi connectivity index (χ1v) is 7.46. The number of nitrogens with one attached hydrogen (secondary N) is 1. The van der Waals surface area contributed by atoms with Crippen molar-refractivity contribution in [1.82, 2.24) is 5.32 Å². The standard InChI is InChI=1S/C15H17Cl2NO3/c16-12-3-1-2-11(14(12)17)4-5-13(19)18-10-15(20)6-8-21-9-7-15/h1-5,20H,6-10H2,(H,18,19). The van der Waals surface area contributed by atoms with Crippen LogP contribution >= 0.6 is 23.2 Å². The molecule has 1 amide bonds. The van der Waals surface area contributed by atoms with Gasteiger partial charge in [0.15, 0.2) is 0 Å². The van der Waals surface area contributed by atoms with Crippen molar-refractivity contribution in [2.24, 2.45) is 0 Å². The molecule has 0 bridgehead atoms. The van der Waals surface area contributed by atoms with Gasteiger partial charge in [0, 0.05) is 38.7 Å². The summed E-state index contributed by atoms with van der Waals surface area (Å²) in [6, 6.07) is 5.21. The molecule has 0 aromatic heterocycles. The number of rotatable bonds is 4. The molecule has 0 atom stereocenters. The van der Waals surface area contributed by atoms with E-state index in [0.29, 0.717) is 41.7 Å². The van der Waals surface area contributed by atoms with E-state index in [0.717, 1.165) is 0 Å². The summed E-state index contributed by atoms with van der Waals surface area (Å²) >= 11 is 11.9. The van der Waals surface area contributed by atoms with Gasteiger partial charge in [-0.15, -0.1) is 0 Å². The second-order valence-corrected chi connectivity index (χ2v) is 5.82. The van der Waals surface area contributed by atoms with Crippen molar-refractivity contribution in [2.75, 3.05) is 19.8 Å². The van der Waals surface area contributed by atoms with Gasteiger partial charge in [-0.1, -0.05) is 35.3 Å². The summed E-state index contributed by atoms with van der Waals surface area (Å²) in [5, 5.41) is 13.8. The van der Waals surface area contributed by atoms with Crippen molar-refractivity contribution in [2.45, 2.75) is 18.4 Å². The zero-order valence-electron chi connectivity index (χ0n) is 11.4. The third-order valence-corrected chi connectivity index (χ3v) is 4.24. The van der Waals surface area contributed by atoms with Crippen LogP contribution in [0.4, 0.5) is 0 Å². The Morgan fingerprint density at radius 3 is 2.81 bits per heavy atom. The first-order valence-electron chi connectivity index (χ1n) is 6.70. The molecule has 1 aromatic carbocycles. The SMILES string of the molecule is O=C(C=Cc1cccc(Cl)c1Cl)NCC1(O)CCOCC1. The molecule has 1 aliphatic rings. The Bertz CT molecular complexity index is 540. The quantitative estimate of drug-likeness (QED) is 0.835. The molecule has 1 fully saturated rings. The second-order valence-electron chi connectivity index (χ2n) is 5.03. The molecule has 0 unspecified atom stereocenters. The highest BCUT2D eigenvalue weighted by Gasteiger charge is 2.29. The number of carbonyl (C=O) groups is 1. The number of ether oxygens (including phenoxy) is 1. The number of aliphatic hydroxyl groups is 1. The van der Waals surface area contributed by atoms with Gasteiger partial charge in [-0.3, -0.25) is 4.79 Å². The van der Waals surface area contributed by atoms with E-state index in [4.69, 9.17) is 27.9 Å². The van der Waals surface area contributed by atoms with Gasteiger partial charge in [0.1, 0.15) is 0 Å². The maximum atomic E-state index is 11.8. The number of carbonyl (C=O) groups excluding carboxylic acids is 1. The molecule has 21 heavy (non-hydrogen) atoms. The smallest absolute Gasteiger partial charge is 0.244 e. The fourth-order valence-electron chi connectivity index (χ4n) is 2.05. The molecular formula is C15H17Cl2NO3. The third kappa shape index (κ3) is 4.71. The van der Waals surface area contributed by atoms with E-state index >= 15 is 0 Å². The minimum Gasteiger partial charge on any atom is -0.388 e. The average Bonchev–Trinajstić information content (AvgIpc) is 2.47. The van der Waals surface area contributed by atoms with E-state index in [1.165, 1.54) is 6.08 Å². The second kappa shape index (κ2) is 7.27. The molecule has 0 aliphatic carbocycles. The third-order valence-electron chi connectivity index (χ3n) is 3.41. The number of hydrogen-bond donors (Lipinski definition) is 2. The molecule has 1 aliphatic heterocycles. The van der Waals surface area contributed by atoms with Crippen molar-refractivity contribution in [3.8, 4) is 0 Å². The molecule has 2 rings (SSSR count). The number of halogens is 2. The zero-order chi connectivity index (χ0) is 15.3. The Morgan fingerprint density at radius 1 is 1.38 bits per heavy atom. The molecule has 0 spiro atoms. The van der Waals surface area contributed by atoms with E-state index in [9.17, 15) is 9.90 Å². The minimum atomic E-state index is -0.880. The summed E-state index contributed by atoms with van der Waals surface area (Å²) in [6.07, 6.45) is 4.02. The molecule has 0 radical (unpaired) electrons. The van der Waals surface area contributed by atoms with Crippen molar-refractivity contribution in [3.05, 3.63) is 39.9 Å². The summed E-state index contributed by atoms with van der Waals surface area (Å²) in [5.41, 5.74) is -0.209. The Balaban J connectivity index is 1.89. The van der Waals surface area contributed by atoms with Gasteiger partial charge < -0.3 is 15.2 Å². The molecule has 2 N–H and O–H groups in total. The van der Waals surface area contributed by atoms with Crippen LogP contribution in [0.5, 0.6) is 0 Å². The largest absolute Gasteiger partial charge is 0.388 e. The maximum Gasteiger partial charge on any atom is 0.244 e. The van der Waals surface area contributed by atoms with Gasteiger partial charge in [-0.25, -0.2) is 0 Å². The highest BCUT2D eigenvalue weighted by Crippen LogP contribution is 2.26. The summed E-state index contributed by atoms with van der Waals surface area (Å²) in [7, 11) is 0. The van der Waals surface area contributed by atoms with E-state index in [2.05, 4.69) is 5.32 Å². The number of hydrogen-bond acceptors (Lipinski definition) is 3. The van der Waals surface area contributed by atoms with Gasteiger partial charge in [0.05, 0.1) is 15.6 Å². The van der Waals surface area contributed by atoms with Crippen LogP contribution in [0.1, 0.15) is 18.4 Å². The van der Waals surface area contributed by atoms with Crippen molar-refractivity contribution >= 4 is 35.2 Å². The predicted molar refractivity (Wildman–Crippen MR) is 83.5 cm³/mol. The fraction of sp³-hybridized carbons (Fsp3) is 0.400. The van der Waals surface area contributed by atoms with E-state index in [-0.39, 0.29) is 12.5 Å². The van der Waals surface area contributed by atoms with Crippen LogP contribution < -0.4 is 5.32 Å². The first-order chi connectivity index (χ1) is 10.0. The molecule has 4 nitrogen and oxygen atoms in total. The lowest BCUT2D eigenvalue weighted by atomic mass is 9.94. The van der Waals surface area contributed by atoms with Crippen molar-refractivity contribution in [1.29, 1.82) is 0 Å². The molecule has 1 heterocycles. The van der Waals surface area contributed by atoms with Gasteiger partial charge in [-0.05, 0) is 17.7 Å². The van der Waals surface area contributed by atoms with Gasteiger partial charge >= 0.3 is 0 Å². The van der Waals surface area contributed by atoms with Crippen LogP contribution in [-0.4, -0.2) is 36.4 Å². The summed E-state index contributed by atoms with van der Waals surface area (Å²) in [4.78, 5) is 11.8. The fourth-order valence-corrected chi connectivity index (χ4v) is 2.42. The summed E-state index contributed by atoms with van der Waals surface area (Å²) < 4.78 is 5.19. The zero-order valence-corrected chi connectivity index (χ0v) is 13.0. The lowest BCUT2D eigenvalue weighted by Crippen LogP contribution is -2.46. The van der Waals surface area contributed by atoms with Crippen LogP contribution in [-0.2, 0) is 9.53 Å². The lowest BCUT2D eigenvalue weighted by Gasteiger charge is -2.31. The number of benzene rings is 1. The lowest BCUT2D eigenvalue weighted by molar-refractivity contribution is -0.119. The van der Waals surface area contributed by atoms with Gasteiger partial charge in [-0.2, -0.15) is 0 Å². The predicted octanol–water partition coefficient (Wildman–Crippen LogP) is 2.66. The number of amides is 1. The van der Waals surface area contributed by atoms with Crippen LogP contribution in [0.15, 0.2) is 24.3 Å². The van der Waals surface area contributed by atoms with Crippen molar-refractivity contribution in [3.63, 3.8) is 0 Å². The van der Waals surface area contributed by atoms with Crippen LogP contribution in [0, 0.1) is 0 Å². The van der Waals surface area contributed by atoms with Gasteiger partial charge in [0.25, 0.3) is 0 Å². The van der Waals surface area contributed by atoms with Crippen molar-refractivity contribution < 1.29 is 14.6 Å². The highest BCUT2D eigenvalue weighted by atomic mass is 35.5. The maximum absolute atomic E-state index is 11.8. The molecule has 1 saturated heterocycles. The topological polar surface area (TPSA) is 58.6 Å². The Hall–Kier alpha value is -1.07. The molecule has 1 aromatic rings. The van der Waals surface area contributed by atoms with E-state index < -0.39 is 5.60 Å². The molecule has 114 valence electrons. The Labute approximate surface area is 133 Å². The molecule has 6 heteroatoms. The van der Waals surface area contributed by atoms with Gasteiger partial charge in [0.2, 0.25) is 5.91 Å². The Kier molecular flexibility index (Phi) is 5.65. The van der Waals surface area contributed by atoms with E-state index in [1.54, 1.807) is 24.3 Å². The average molecular weight is 330 g/mol. The Morgan fingerprint density at radius 2 is 2.10 bits per heavy atom. The molecular weight excluding hydrogens is 313 g/mol. The monoisotopic (exact) mass is 329 g/mol. The first kappa shape index (κ1) is 16.3. The molecule has 0 saturated carbocycles. The van der Waals surface area contributed by atoms with Crippen LogP contribution in [0.25, 0.3) is 6.08 Å². The highest BCUT2D eigenvalue weighted by molar-refractivity contribution is 6.42. The summed E-state index contributed by atoms with van der Waals surface area (Å²) in [6.45, 7) is 1.24. The normalized spacial score (nSPS) is 17.9. The van der Waals surface area contributed by atoms with E-state index in [1.807, 2.05) is 0 Å². The van der Waals surface area contributed by atoms with Crippen LogP contribution in [0.2, 0.25) is 10.0 Å². The summed E-state index contributed by atoms with van der Waals surface area (Å²) in [5.74, 6) is -0.286.